The summed E-state index contributed by atoms with van der Waals surface area (Å²) >= 11 is 0. The lowest BCUT2D eigenvalue weighted by molar-refractivity contribution is -0.122. The van der Waals surface area contributed by atoms with E-state index in [2.05, 4.69) is 5.32 Å². The predicted octanol–water partition coefficient (Wildman–Crippen LogP) is 2.68. The third kappa shape index (κ3) is 6.22. The molecule has 0 spiro atoms. The standard InChI is InChI=1S/C21H29NO6S/c1-5-17(6-2)27-19-11-16(13-23)12-20(21(19)22-15(4)24)28-29(25,26)18-9-7-14(3)8-10-18/h7-11,13,17,19-21H,5-6,12H2,1-4H3,(H,22,24)/t19-,20-,21+/m1/s1. The lowest BCUT2D eigenvalue weighted by atomic mass is 9.90. The first-order valence-corrected chi connectivity index (χ1v) is 11.2. The van der Waals surface area contributed by atoms with Crippen molar-refractivity contribution in [2.24, 2.45) is 0 Å². The molecule has 1 amide bonds. The first kappa shape index (κ1) is 23.3. The van der Waals surface area contributed by atoms with Crippen LogP contribution in [0.2, 0.25) is 0 Å². The highest BCUT2D eigenvalue weighted by Gasteiger charge is 2.39. The Morgan fingerprint density at radius 2 is 1.86 bits per heavy atom. The summed E-state index contributed by atoms with van der Waals surface area (Å²) in [5.74, 6) is -0.336. The van der Waals surface area contributed by atoms with Gasteiger partial charge in [-0.2, -0.15) is 8.42 Å². The number of amides is 1. The van der Waals surface area contributed by atoms with Crippen molar-refractivity contribution in [2.45, 2.75) is 76.2 Å². The van der Waals surface area contributed by atoms with E-state index < -0.39 is 28.4 Å². The Hall–Kier alpha value is -2.03. The summed E-state index contributed by atoms with van der Waals surface area (Å²) in [7, 11) is -4.09. The van der Waals surface area contributed by atoms with Crippen molar-refractivity contribution in [2.75, 3.05) is 0 Å². The van der Waals surface area contributed by atoms with Gasteiger partial charge in [0.05, 0.1) is 23.1 Å². The van der Waals surface area contributed by atoms with Crippen molar-refractivity contribution < 1.29 is 26.9 Å². The molecule has 0 aromatic heterocycles. The molecule has 1 aliphatic rings. The Morgan fingerprint density at radius 1 is 1.24 bits per heavy atom. The van der Waals surface area contributed by atoms with Crippen LogP contribution in [-0.4, -0.2) is 45.0 Å². The Bertz CT molecular complexity index is 842. The number of hydrogen-bond acceptors (Lipinski definition) is 6. The number of hydrogen-bond donors (Lipinski definition) is 1. The highest BCUT2D eigenvalue weighted by Crippen LogP contribution is 2.28. The Morgan fingerprint density at radius 3 is 2.38 bits per heavy atom. The maximum Gasteiger partial charge on any atom is 0.297 e. The molecule has 0 fully saturated rings. The third-order valence-electron chi connectivity index (χ3n) is 4.91. The van der Waals surface area contributed by atoms with Crippen LogP contribution in [0.25, 0.3) is 0 Å². The number of aryl methyl sites for hydroxylation is 1. The van der Waals surface area contributed by atoms with E-state index in [-0.39, 0.29) is 23.3 Å². The number of carbonyl (C=O) groups is 2. The van der Waals surface area contributed by atoms with Gasteiger partial charge >= 0.3 is 0 Å². The molecule has 160 valence electrons. The molecule has 0 heterocycles. The fraction of sp³-hybridized carbons (Fsp3) is 0.524. The predicted molar refractivity (Wildman–Crippen MR) is 109 cm³/mol. The van der Waals surface area contributed by atoms with Crippen LogP contribution < -0.4 is 5.32 Å². The Labute approximate surface area is 172 Å². The molecule has 0 aliphatic heterocycles. The Kier molecular flexibility index (Phi) is 8.13. The van der Waals surface area contributed by atoms with Gasteiger partial charge in [-0.25, -0.2) is 0 Å². The van der Waals surface area contributed by atoms with Gasteiger partial charge in [0.15, 0.2) is 0 Å². The highest BCUT2D eigenvalue weighted by atomic mass is 32.2. The van der Waals surface area contributed by atoms with Gasteiger partial charge < -0.3 is 10.1 Å². The van der Waals surface area contributed by atoms with Crippen molar-refractivity contribution in [3.05, 3.63) is 41.5 Å². The van der Waals surface area contributed by atoms with Gasteiger partial charge in [-0.05, 0) is 43.5 Å². The zero-order valence-electron chi connectivity index (χ0n) is 17.3. The second-order valence-corrected chi connectivity index (χ2v) is 8.80. The average molecular weight is 424 g/mol. The fourth-order valence-electron chi connectivity index (χ4n) is 3.30. The van der Waals surface area contributed by atoms with Crippen molar-refractivity contribution in [1.29, 1.82) is 0 Å². The first-order chi connectivity index (χ1) is 13.7. The molecule has 3 atom stereocenters. The minimum absolute atomic E-state index is 0.0179. The molecular weight excluding hydrogens is 394 g/mol. The molecule has 1 aromatic carbocycles. The van der Waals surface area contributed by atoms with E-state index >= 15 is 0 Å². The molecular formula is C21H29NO6S. The molecule has 0 saturated carbocycles. The van der Waals surface area contributed by atoms with E-state index in [1.807, 2.05) is 20.8 Å². The van der Waals surface area contributed by atoms with E-state index in [0.29, 0.717) is 11.9 Å². The van der Waals surface area contributed by atoms with Crippen molar-refractivity contribution >= 4 is 22.3 Å². The third-order valence-corrected chi connectivity index (χ3v) is 6.26. The highest BCUT2D eigenvalue weighted by molar-refractivity contribution is 7.86. The maximum absolute atomic E-state index is 12.8. The quantitative estimate of drug-likeness (QED) is 0.484. The summed E-state index contributed by atoms with van der Waals surface area (Å²) in [6, 6.07) is 5.55. The van der Waals surface area contributed by atoms with Crippen LogP contribution in [0.5, 0.6) is 0 Å². The molecule has 1 N–H and O–H groups in total. The molecule has 1 aliphatic carbocycles. The minimum atomic E-state index is -4.09. The maximum atomic E-state index is 12.8. The van der Waals surface area contributed by atoms with Crippen LogP contribution in [0, 0.1) is 6.92 Å². The van der Waals surface area contributed by atoms with Crippen LogP contribution in [0.1, 0.15) is 45.6 Å². The van der Waals surface area contributed by atoms with Gasteiger partial charge in [0, 0.05) is 13.3 Å². The smallest absolute Gasteiger partial charge is 0.297 e. The lowest BCUT2D eigenvalue weighted by Crippen LogP contribution is -2.54. The van der Waals surface area contributed by atoms with Crippen LogP contribution in [0.4, 0.5) is 0 Å². The topological polar surface area (TPSA) is 98.8 Å². The molecule has 8 heteroatoms. The molecule has 1 aromatic rings. The lowest BCUT2D eigenvalue weighted by Gasteiger charge is -2.37. The van der Waals surface area contributed by atoms with E-state index in [1.165, 1.54) is 19.1 Å². The number of carbonyl (C=O) groups excluding carboxylic acids is 2. The zero-order valence-corrected chi connectivity index (χ0v) is 18.1. The number of ether oxygens (including phenoxy) is 1. The van der Waals surface area contributed by atoms with Crippen molar-refractivity contribution in [3.8, 4) is 0 Å². The Balaban J connectivity index is 2.36. The molecule has 7 nitrogen and oxygen atoms in total. The molecule has 0 radical (unpaired) electrons. The number of rotatable bonds is 9. The number of nitrogens with one attached hydrogen (secondary N) is 1. The summed E-state index contributed by atoms with van der Waals surface area (Å²) in [6.07, 6.45) is 2.14. The first-order valence-electron chi connectivity index (χ1n) is 9.78. The SMILES string of the molecule is CCC(CC)O[C@@H]1C=C(C=O)C[C@@H](OS(=O)(=O)c2ccc(C)cc2)[C@H]1NC(C)=O. The number of aldehydes is 1. The molecule has 2 rings (SSSR count). The summed E-state index contributed by atoms with van der Waals surface area (Å²) < 4.78 is 37.2. The van der Waals surface area contributed by atoms with Gasteiger partial charge in [0.25, 0.3) is 10.1 Å². The van der Waals surface area contributed by atoms with Gasteiger partial charge in [-0.1, -0.05) is 31.5 Å². The minimum Gasteiger partial charge on any atom is -0.369 e. The van der Waals surface area contributed by atoms with Crippen LogP contribution in [0.3, 0.4) is 0 Å². The van der Waals surface area contributed by atoms with Crippen LogP contribution in [0.15, 0.2) is 40.8 Å². The van der Waals surface area contributed by atoms with Gasteiger partial charge in [0.1, 0.15) is 12.4 Å². The second-order valence-electron chi connectivity index (χ2n) is 7.23. The van der Waals surface area contributed by atoms with Crippen LogP contribution in [-0.2, 0) is 28.6 Å². The van der Waals surface area contributed by atoms with Crippen molar-refractivity contribution in [1.82, 2.24) is 5.32 Å². The van der Waals surface area contributed by atoms with Gasteiger partial charge in [-0.3, -0.25) is 13.8 Å². The van der Waals surface area contributed by atoms with E-state index in [1.54, 1.807) is 18.2 Å². The number of benzene rings is 1. The van der Waals surface area contributed by atoms with Crippen molar-refractivity contribution in [3.63, 3.8) is 0 Å². The summed E-state index contributed by atoms with van der Waals surface area (Å²) in [5.41, 5.74) is 1.30. The summed E-state index contributed by atoms with van der Waals surface area (Å²) in [4.78, 5) is 23.3. The molecule has 0 saturated heterocycles. The van der Waals surface area contributed by atoms with E-state index in [4.69, 9.17) is 8.92 Å². The molecule has 0 bridgehead atoms. The monoisotopic (exact) mass is 423 g/mol. The van der Waals surface area contributed by atoms with Gasteiger partial charge in [-0.15, -0.1) is 0 Å². The zero-order chi connectivity index (χ0) is 21.6. The van der Waals surface area contributed by atoms with Crippen LogP contribution >= 0.6 is 0 Å². The molecule has 29 heavy (non-hydrogen) atoms. The average Bonchev–Trinajstić information content (AvgIpc) is 2.67. The summed E-state index contributed by atoms with van der Waals surface area (Å²) in [6.45, 7) is 7.15. The van der Waals surface area contributed by atoms with E-state index in [9.17, 15) is 18.0 Å². The second kappa shape index (κ2) is 10.1. The normalized spacial score (nSPS) is 22.2. The largest absolute Gasteiger partial charge is 0.369 e. The molecule has 0 unspecified atom stereocenters. The fourth-order valence-corrected chi connectivity index (χ4v) is 4.39. The van der Waals surface area contributed by atoms with E-state index in [0.717, 1.165) is 18.4 Å². The van der Waals surface area contributed by atoms with Gasteiger partial charge in [0.2, 0.25) is 5.91 Å². The summed E-state index contributed by atoms with van der Waals surface area (Å²) in [5, 5.41) is 2.75.